The van der Waals surface area contributed by atoms with E-state index in [9.17, 15) is 14.7 Å². The molecule has 0 fully saturated rings. The standard InChI is InChI=1S/C27H34N4O6/c1-18-15-31(19(2)17-32)26(33)21-13-20(9-8-12-35-4)14-28-25(21)37-24(18)16-30(3)27(34)29-22-10-6-7-11-23(22)36-5/h6-7,10-11,13-14,18-19,24,32H,12,15-17H2,1-5H3,(H,29,34)/t18-,19-,24-/m0/s1. The van der Waals surface area contributed by atoms with Gasteiger partial charge in [-0.1, -0.05) is 30.9 Å². The summed E-state index contributed by atoms with van der Waals surface area (Å²) in [6.45, 7) is 4.33. The van der Waals surface area contributed by atoms with E-state index in [2.05, 4.69) is 22.1 Å². The van der Waals surface area contributed by atoms with Crippen LogP contribution in [0.2, 0.25) is 0 Å². The van der Waals surface area contributed by atoms with Gasteiger partial charge in [0.2, 0.25) is 5.88 Å². The number of nitrogens with one attached hydrogen (secondary N) is 1. The number of likely N-dealkylation sites (N-methyl/N-ethyl adjacent to an activating group) is 1. The van der Waals surface area contributed by atoms with Gasteiger partial charge in [-0.05, 0) is 25.1 Å². The zero-order chi connectivity index (χ0) is 26.9. The largest absolute Gasteiger partial charge is 0.495 e. The number of rotatable bonds is 7. The molecule has 2 heterocycles. The first-order valence-electron chi connectivity index (χ1n) is 12.0. The van der Waals surface area contributed by atoms with Crippen LogP contribution in [0.15, 0.2) is 36.5 Å². The molecule has 0 radical (unpaired) electrons. The molecule has 0 unspecified atom stereocenters. The molecule has 1 aromatic heterocycles. The van der Waals surface area contributed by atoms with Crippen molar-refractivity contribution in [3.63, 3.8) is 0 Å². The molecule has 3 rings (SSSR count). The average molecular weight is 511 g/mol. The minimum absolute atomic E-state index is 0.160. The van der Waals surface area contributed by atoms with Crippen LogP contribution in [0.3, 0.4) is 0 Å². The molecule has 1 aliphatic rings. The van der Waals surface area contributed by atoms with Gasteiger partial charge in [-0.2, -0.15) is 0 Å². The average Bonchev–Trinajstić information content (AvgIpc) is 2.90. The SMILES string of the molecule is COCC#Cc1cnc2c(c1)C(=O)N([C@@H](C)CO)C[C@H](C)[C@H](CN(C)C(=O)Nc1ccccc1OC)O2. The van der Waals surface area contributed by atoms with E-state index in [-0.39, 0.29) is 49.1 Å². The van der Waals surface area contributed by atoms with Gasteiger partial charge in [0.1, 0.15) is 24.0 Å². The number of fused-ring (bicyclic) bond motifs is 1. The second-order valence-corrected chi connectivity index (χ2v) is 8.95. The number of amides is 3. The van der Waals surface area contributed by atoms with Crippen LogP contribution in [-0.2, 0) is 4.74 Å². The van der Waals surface area contributed by atoms with Gasteiger partial charge in [0, 0.05) is 38.4 Å². The number of urea groups is 1. The van der Waals surface area contributed by atoms with Gasteiger partial charge in [0.25, 0.3) is 5.91 Å². The van der Waals surface area contributed by atoms with Crippen molar-refractivity contribution in [1.29, 1.82) is 0 Å². The molecule has 2 aromatic rings. The normalized spacial score (nSPS) is 17.8. The highest BCUT2D eigenvalue weighted by atomic mass is 16.5. The lowest BCUT2D eigenvalue weighted by atomic mass is 10.00. The number of carbonyl (C=O) groups is 2. The number of aromatic nitrogens is 1. The Labute approximate surface area is 217 Å². The van der Waals surface area contributed by atoms with Crippen LogP contribution in [0.1, 0.15) is 29.8 Å². The Balaban J connectivity index is 1.87. The summed E-state index contributed by atoms with van der Waals surface area (Å²) in [7, 11) is 4.76. The van der Waals surface area contributed by atoms with Gasteiger partial charge in [0.15, 0.2) is 0 Å². The number of benzene rings is 1. The first-order chi connectivity index (χ1) is 17.8. The number of aliphatic hydroxyl groups is 1. The quantitative estimate of drug-likeness (QED) is 0.550. The molecule has 0 aliphatic carbocycles. The number of para-hydroxylation sites is 2. The van der Waals surface area contributed by atoms with Crippen LogP contribution in [-0.4, -0.2) is 91.5 Å². The molecular formula is C27H34N4O6. The van der Waals surface area contributed by atoms with E-state index in [4.69, 9.17) is 14.2 Å². The number of carbonyl (C=O) groups excluding carboxylic acids is 2. The lowest BCUT2D eigenvalue weighted by Crippen LogP contribution is -2.50. The molecule has 10 heteroatoms. The summed E-state index contributed by atoms with van der Waals surface area (Å²) in [5.74, 6) is 6.02. The molecule has 37 heavy (non-hydrogen) atoms. The number of hydrogen-bond donors (Lipinski definition) is 2. The molecule has 2 N–H and O–H groups in total. The first-order valence-corrected chi connectivity index (χ1v) is 12.0. The predicted molar refractivity (Wildman–Crippen MR) is 139 cm³/mol. The molecule has 0 saturated carbocycles. The number of anilines is 1. The van der Waals surface area contributed by atoms with Gasteiger partial charge < -0.3 is 34.4 Å². The van der Waals surface area contributed by atoms with Crippen molar-refractivity contribution in [2.45, 2.75) is 26.0 Å². The van der Waals surface area contributed by atoms with Gasteiger partial charge in [0.05, 0.1) is 32.0 Å². The van der Waals surface area contributed by atoms with Crippen LogP contribution < -0.4 is 14.8 Å². The monoisotopic (exact) mass is 510 g/mol. The molecule has 198 valence electrons. The Morgan fingerprint density at radius 2 is 2.14 bits per heavy atom. The van der Waals surface area contributed by atoms with E-state index >= 15 is 0 Å². The highest BCUT2D eigenvalue weighted by Crippen LogP contribution is 2.28. The third-order valence-corrected chi connectivity index (χ3v) is 6.12. The van der Waals surface area contributed by atoms with Gasteiger partial charge in [-0.3, -0.25) is 4.79 Å². The van der Waals surface area contributed by atoms with Crippen LogP contribution in [0.25, 0.3) is 0 Å². The van der Waals surface area contributed by atoms with Crippen LogP contribution in [0.5, 0.6) is 11.6 Å². The highest BCUT2D eigenvalue weighted by Gasteiger charge is 2.34. The maximum absolute atomic E-state index is 13.5. The maximum atomic E-state index is 13.5. The van der Waals surface area contributed by atoms with Crippen molar-refractivity contribution in [2.75, 3.05) is 52.9 Å². The van der Waals surface area contributed by atoms with E-state index < -0.39 is 12.1 Å². The lowest BCUT2D eigenvalue weighted by Gasteiger charge is -2.37. The number of pyridine rings is 1. The molecule has 3 atom stereocenters. The molecule has 0 bridgehead atoms. The van der Waals surface area contributed by atoms with Crippen molar-refractivity contribution in [1.82, 2.24) is 14.8 Å². The molecule has 3 amide bonds. The molecule has 1 aliphatic heterocycles. The maximum Gasteiger partial charge on any atom is 0.321 e. The fraction of sp³-hybridized carbons (Fsp3) is 0.444. The second-order valence-electron chi connectivity index (χ2n) is 8.95. The van der Waals surface area contributed by atoms with E-state index in [1.165, 1.54) is 18.2 Å². The number of aliphatic hydroxyl groups excluding tert-OH is 1. The van der Waals surface area contributed by atoms with E-state index in [1.807, 2.05) is 19.1 Å². The molecule has 0 saturated heterocycles. The Kier molecular flexibility index (Phi) is 9.71. The fourth-order valence-electron chi connectivity index (χ4n) is 3.91. The van der Waals surface area contributed by atoms with Crippen molar-refractivity contribution in [3.8, 4) is 23.5 Å². The van der Waals surface area contributed by atoms with E-state index in [0.717, 1.165) is 0 Å². The topological polar surface area (TPSA) is 113 Å². The number of hydrogen-bond acceptors (Lipinski definition) is 7. The summed E-state index contributed by atoms with van der Waals surface area (Å²) in [5, 5.41) is 12.7. The summed E-state index contributed by atoms with van der Waals surface area (Å²) in [6.07, 6.45) is 1.06. The van der Waals surface area contributed by atoms with Gasteiger partial charge >= 0.3 is 6.03 Å². The highest BCUT2D eigenvalue weighted by molar-refractivity contribution is 5.97. The third-order valence-electron chi connectivity index (χ3n) is 6.12. The summed E-state index contributed by atoms with van der Waals surface area (Å²) in [4.78, 5) is 33.9. The predicted octanol–water partition coefficient (Wildman–Crippen LogP) is 2.47. The molecule has 1 aromatic carbocycles. The van der Waals surface area contributed by atoms with Crippen molar-refractivity contribution in [3.05, 3.63) is 47.7 Å². The van der Waals surface area contributed by atoms with Crippen molar-refractivity contribution < 1.29 is 28.9 Å². The van der Waals surface area contributed by atoms with Crippen molar-refractivity contribution in [2.24, 2.45) is 5.92 Å². The smallest absolute Gasteiger partial charge is 0.321 e. The Morgan fingerprint density at radius 1 is 1.38 bits per heavy atom. The number of ether oxygens (including phenoxy) is 3. The third kappa shape index (κ3) is 6.90. The van der Waals surface area contributed by atoms with Crippen LogP contribution in [0, 0.1) is 17.8 Å². The Morgan fingerprint density at radius 3 is 2.84 bits per heavy atom. The molecule has 10 nitrogen and oxygen atoms in total. The molecular weight excluding hydrogens is 476 g/mol. The minimum atomic E-state index is -0.480. The first kappa shape index (κ1) is 27.8. The summed E-state index contributed by atoms with van der Waals surface area (Å²) in [6, 6.07) is 8.03. The minimum Gasteiger partial charge on any atom is -0.495 e. The Bertz CT molecular complexity index is 1160. The van der Waals surface area contributed by atoms with Crippen molar-refractivity contribution >= 4 is 17.6 Å². The van der Waals surface area contributed by atoms with Crippen LogP contribution >= 0.6 is 0 Å². The summed E-state index contributed by atoms with van der Waals surface area (Å²) in [5.41, 5.74) is 1.35. The van der Waals surface area contributed by atoms with Gasteiger partial charge in [-0.15, -0.1) is 0 Å². The summed E-state index contributed by atoms with van der Waals surface area (Å²) < 4.78 is 16.5. The van der Waals surface area contributed by atoms with E-state index in [0.29, 0.717) is 23.5 Å². The van der Waals surface area contributed by atoms with Crippen LogP contribution in [0.4, 0.5) is 10.5 Å². The zero-order valence-electron chi connectivity index (χ0n) is 21.9. The lowest BCUT2D eigenvalue weighted by molar-refractivity contribution is 0.0356. The number of nitrogens with zero attached hydrogens (tertiary/aromatic N) is 3. The van der Waals surface area contributed by atoms with E-state index in [1.54, 1.807) is 44.2 Å². The molecule has 0 spiro atoms. The Hall–Kier alpha value is -3.81. The number of methoxy groups -OCH3 is 2. The van der Waals surface area contributed by atoms with Gasteiger partial charge in [-0.25, -0.2) is 9.78 Å². The summed E-state index contributed by atoms with van der Waals surface area (Å²) >= 11 is 0. The fourth-order valence-corrected chi connectivity index (χ4v) is 3.91. The second kappa shape index (κ2) is 12.9. The zero-order valence-corrected chi connectivity index (χ0v) is 21.9.